The van der Waals surface area contributed by atoms with Crippen molar-refractivity contribution in [3.05, 3.63) is 29.3 Å². The van der Waals surface area contributed by atoms with Crippen LogP contribution in [0, 0.1) is 6.07 Å². The lowest BCUT2D eigenvalue weighted by Gasteiger charge is -1.98. The standard InChI is InChI=1S/C8H5O5/c9-6-2-4(7(10)11)1-5(3-6)8(12)13/h1-2,9H,(H,10,11)(H,12,13). The summed E-state index contributed by atoms with van der Waals surface area (Å²) in [5.41, 5.74) is -0.661. The monoisotopic (exact) mass is 181 g/mol. The van der Waals surface area contributed by atoms with E-state index in [0.29, 0.717) is 0 Å². The smallest absolute Gasteiger partial charge is 0.336 e. The SMILES string of the molecule is O=C(O)c1[c]c(O)cc(C(=O)O)c1. The molecule has 0 aromatic heterocycles. The summed E-state index contributed by atoms with van der Waals surface area (Å²) in [4.78, 5) is 20.8. The van der Waals surface area contributed by atoms with Crippen LogP contribution >= 0.6 is 0 Å². The first-order valence-corrected chi connectivity index (χ1v) is 3.23. The molecule has 0 bridgehead atoms. The fourth-order valence-corrected chi connectivity index (χ4v) is 0.793. The first kappa shape index (κ1) is 9.05. The highest BCUT2D eigenvalue weighted by atomic mass is 16.4. The van der Waals surface area contributed by atoms with E-state index in [-0.39, 0.29) is 11.1 Å². The quantitative estimate of drug-likeness (QED) is 0.620. The van der Waals surface area contributed by atoms with Crippen LogP contribution in [0.25, 0.3) is 0 Å². The summed E-state index contributed by atoms with van der Waals surface area (Å²) >= 11 is 0. The van der Waals surface area contributed by atoms with Gasteiger partial charge in [0.2, 0.25) is 0 Å². The Morgan fingerprint density at radius 3 is 2.23 bits per heavy atom. The number of carboxylic acids is 2. The van der Waals surface area contributed by atoms with Crippen molar-refractivity contribution in [1.29, 1.82) is 0 Å². The molecule has 0 fully saturated rings. The van der Waals surface area contributed by atoms with Crippen molar-refractivity contribution in [2.75, 3.05) is 0 Å². The highest BCUT2D eigenvalue weighted by molar-refractivity contribution is 5.94. The van der Waals surface area contributed by atoms with Crippen LogP contribution in [0.2, 0.25) is 0 Å². The number of rotatable bonds is 2. The second kappa shape index (κ2) is 3.14. The van der Waals surface area contributed by atoms with Crippen LogP contribution in [0.3, 0.4) is 0 Å². The van der Waals surface area contributed by atoms with E-state index in [4.69, 9.17) is 15.3 Å². The number of phenolic OH excluding ortho intramolecular Hbond substituents is 1. The summed E-state index contributed by atoms with van der Waals surface area (Å²) in [6.07, 6.45) is 0. The Morgan fingerprint density at radius 2 is 1.77 bits per heavy atom. The first-order chi connectivity index (χ1) is 6.00. The van der Waals surface area contributed by atoms with Crippen LogP contribution < -0.4 is 0 Å². The Morgan fingerprint density at radius 1 is 1.15 bits per heavy atom. The van der Waals surface area contributed by atoms with E-state index in [0.717, 1.165) is 12.1 Å². The lowest BCUT2D eigenvalue weighted by molar-refractivity contribution is 0.0695. The molecule has 0 amide bonds. The summed E-state index contributed by atoms with van der Waals surface area (Å²) in [6, 6.07) is 3.94. The van der Waals surface area contributed by atoms with Crippen LogP contribution in [0.1, 0.15) is 20.7 Å². The molecule has 0 saturated carbocycles. The Labute approximate surface area is 72.9 Å². The number of carbonyl (C=O) groups is 2. The molecular weight excluding hydrogens is 176 g/mol. The molecule has 0 unspecified atom stereocenters. The highest BCUT2D eigenvalue weighted by Crippen LogP contribution is 2.14. The van der Waals surface area contributed by atoms with Gasteiger partial charge in [0.05, 0.1) is 11.1 Å². The normalized spacial score (nSPS) is 9.54. The van der Waals surface area contributed by atoms with Crippen LogP contribution in [-0.2, 0) is 0 Å². The summed E-state index contributed by atoms with van der Waals surface area (Å²) in [6.45, 7) is 0. The molecule has 67 valence electrons. The lowest BCUT2D eigenvalue weighted by Crippen LogP contribution is -2.01. The van der Waals surface area contributed by atoms with Crippen molar-refractivity contribution in [2.45, 2.75) is 0 Å². The molecule has 0 spiro atoms. The predicted octanol–water partition coefficient (Wildman–Crippen LogP) is 0.589. The van der Waals surface area contributed by atoms with E-state index in [9.17, 15) is 9.59 Å². The predicted molar refractivity (Wildman–Crippen MR) is 40.9 cm³/mol. The third-order valence-corrected chi connectivity index (χ3v) is 1.33. The summed E-state index contributed by atoms with van der Waals surface area (Å²) < 4.78 is 0. The average Bonchev–Trinajstić information content (AvgIpc) is 2.03. The molecule has 5 heteroatoms. The summed E-state index contributed by atoms with van der Waals surface area (Å²) in [7, 11) is 0. The molecule has 3 N–H and O–H groups in total. The van der Waals surface area contributed by atoms with Crippen LogP contribution in [0.5, 0.6) is 5.75 Å². The maximum atomic E-state index is 10.4. The van der Waals surface area contributed by atoms with Gasteiger partial charge in [-0.2, -0.15) is 0 Å². The minimum absolute atomic E-state index is 0.284. The van der Waals surface area contributed by atoms with Crippen LogP contribution in [0.15, 0.2) is 12.1 Å². The minimum atomic E-state index is -1.33. The van der Waals surface area contributed by atoms with Gasteiger partial charge in [-0.1, -0.05) is 0 Å². The van der Waals surface area contributed by atoms with Crippen molar-refractivity contribution < 1.29 is 24.9 Å². The number of benzene rings is 1. The molecule has 1 aromatic carbocycles. The summed E-state index contributed by atoms with van der Waals surface area (Å²) in [5.74, 6) is -3.14. The van der Waals surface area contributed by atoms with E-state index in [2.05, 4.69) is 6.07 Å². The van der Waals surface area contributed by atoms with Gasteiger partial charge < -0.3 is 15.3 Å². The number of phenols is 1. The third kappa shape index (κ3) is 1.96. The zero-order valence-corrected chi connectivity index (χ0v) is 6.31. The minimum Gasteiger partial charge on any atom is -0.507 e. The second-order valence-corrected chi connectivity index (χ2v) is 2.28. The molecule has 5 nitrogen and oxygen atoms in total. The molecule has 0 aliphatic heterocycles. The Balaban J connectivity index is 3.26. The van der Waals surface area contributed by atoms with Crippen molar-refractivity contribution in [3.63, 3.8) is 0 Å². The fourth-order valence-electron chi connectivity index (χ4n) is 0.793. The molecule has 0 aliphatic rings. The van der Waals surface area contributed by atoms with Gasteiger partial charge in [0.15, 0.2) is 0 Å². The van der Waals surface area contributed by atoms with E-state index in [1.165, 1.54) is 0 Å². The van der Waals surface area contributed by atoms with Gasteiger partial charge in [-0.15, -0.1) is 0 Å². The largest absolute Gasteiger partial charge is 0.507 e. The maximum absolute atomic E-state index is 10.4. The van der Waals surface area contributed by atoms with Gasteiger partial charge in [0.25, 0.3) is 0 Å². The van der Waals surface area contributed by atoms with E-state index in [1.807, 2.05) is 0 Å². The molecule has 0 aliphatic carbocycles. The second-order valence-electron chi connectivity index (χ2n) is 2.28. The zero-order valence-electron chi connectivity index (χ0n) is 6.31. The molecular formula is C8H5O5. The van der Waals surface area contributed by atoms with Crippen LogP contribution in [-0.4, -0.2) is 27.3 Å². The van der Waals surface area contributed by atoms with E-state index in [1.54, 1.807) is 0 Å². The Kier molecular flexibility index (Phi) is 2.19. The van der Waals surface area contributed by atoms with Gasteiger partial charge in [0.1, 0.15) is 5.75 Å². The van der Waals surface area contributed by atoms with Crippen LogP contribution in [0.4, 0.5) is 0 Å². The molecule has 0 saturated heterocycles. The van der Waals surface area contributed by atoms with E-state index >= 15 is 0 Å². The first-order valence-electron chi connectivity index (χ1n) is 3.23. The van der Waals surface area contributed by atoms with Gasteiger partial charge in [-0.3, -0.25) is 0 Å². The topological polar surface area (TPSA) is 94.8 Å². The lowest BCUT2D eigenvalue weighted by atomic mass is 10.1. The summed E-state index contributed by atoms with van der Waals surface area (Å²) in [5, 5.41) is 25.9. The van der Waals surface area contributed by atoms with Crippen molar-refractivity contribution in [3.8, 4) is 5.75 Å². The number of hydrogen-bond donors (Lipinski definition) is 3. The number of aromatic carboxylic acids is 2. The van der Waals surface area contributed by atoms with Crippen molar-refractivity contribution in [2.24, 2.45) is 0 Å². The van der Waals surface area contributed by atoms with E-state index < -0.39 is 17.7 Å². The number of aromatic hydroxyl groups is 1. The fraction of sp³-hybridized carbons (Fsp3) is 0. The van der Waals surface area contributed by atoms with Gasteiger partial charge >= 0.3 is 11.9 Å². The van der Waals surface area contributed by atoms with Gasteiger partial charge in [-0.25, -0.2) is 9.59 Å². The Bertz CT molecular complexity index is 337. The third-order valence-electron chi connectivity index (χ3n) is 1.33. The maximum Gasteiger partial charge on any atom is 0.336 e. The molecule has 0 atom stereocenters. The molecule has 0 heterocycles. The number of carboxylic acid groups (broad SMARTS) is 2. The van der Waals surface area contributed by atoms with Gasteiger partial charge in [-0.05, 0) is 12.1 Å². The van der Waals surface area contributed by atoms with Crippen molar-refractivity contribution in [1.82, 2.24) is 0 Å². The molecule has 1 aromatic rings. The molecule has 1 rings (SSSR count). The number of hydrogen-bond acceptors (Lipinski definition) is 3. The highest BCUT2D eigenvalue weighted by Gasteiger charge is 2.10. The average molecular weight is 181 g/mol. The van der Waals surface area contributed by atoms with Gasteiger partial charge in [0, 0.05) is 6.07 Å². The molecule has 13 heavy (non-hydrogen) atoms. The molecule has 1 radical (unpaired) electrons. The Hall–Kier alpha value is -2.04. The zero-order chi connectivity index (χ0) is 10.0. The van der Waals surface area contributed by atoms with Crippen molar-refractivity contribution >= 4 is 11.9 Å².